The van der Waals surface area contributed by atoms with Gasteiger partial charge in [-0.3, -0.25) is 14.7 Å². The fraction of sp³-hybridized carbons (Fsp3) is 0.556. The third-order valence-corrected chi connectivity index (χ3v) is 6.32. The summed E-state index contributed by atoms with van der Waals surface area (Å²) in [6.07, 6.45) is 6.36. The topological polar surface area (TPSA) is 45.2 Å². The summed E-state index contributed by atoms with van der Waals surface area (Å²) in [5, 5.41) is 3.30. The van der Waals surface area contributed by atoms with E-state index >= 15 is 0 Å². The lowest BCUT2D eigenvalue weighted by atomic mass is 9.91. The first-order chi connectivity index (χ1) is 14.7. The van der Waals surface area contributed by atoms with Gasteiger partial charge in [-0.15, -0.1) is 0 Å². The van der Waals surface area contributed by atoms with Gasteiger partial charge in [-0.25, -0.2) is 0 Å². The van der Waals surface area contributed by atoms with Crippen molar-refractivity contribution in [1.29, 1.82) is 0 Å². The van der Waals surface area contributed by atoms with Gasteiger partial charge in [0.2, 0.25) is 5.91 Å². The van der Waals surface area contributed by atoms with Gasteiger partial charge in [-0.1, -0.05) is 71.4 Å². The Labute approximate surface area is 188 Å². The Kier molecular flexibility index (Phi) is 7.88. The molecule has 1 N–H and O–H groups in total. The van der Waals surface area contributed by atoms with Gasteiger partial charge in [-0.05, 0) is 55.0 Å². The van der Waals surface area contributed by atoms with E-state index in [4.69, 9.17) is 0 Å². The summed E-state index contributed by atoms with van der Waals surface area (Å²) < 4.78 is 0. The first kappa shape index (κ1) is 23.5. The number of pyridine rings is 1. The molecule has 0 spiro atoms. The van der Waals surface area contributed by atoms with Crippen molar-refractivity contribution in [3.8, 4) is 0 Å². The number of likely N-dealkylation sites (tertiary alicyclic amines) is 1. The zero-order valence-electron chi connectivity index (χ0n) is 19.9. The molecule has 3 rings (SSSR count). The van der Waals surface area contributed by atoms with E-state index in [0.717, 1.165) is 25.2 Å². The first-order valence-corrected chi connectivity index (χ1v) is 11.8. The van der Waals surface area contributed by atoms with E-state index in [1.165, 1.54) is 30.4 Å². The van der Waals surface area contributed by atoms with Gasteiger partial charge in [-0.2, -0.15) is 0 Å². The normalized spacial score (nSPS) is 18.7. The van der Waals surface area contributed by atoms with Crippen LogP contribution in [0.3, 0.4) is 0 Å². The van der Waals surface area contributed by atoms with E-state index in [9.17, 15) is 4.79 Å². The fourth-order valence-corrected chi connectivity index (χ4v) is 4.26. The van der Waals surface area contributed by atoms with Crippen molar-refractivity contribution < 1.29 is 4.79 Å². The highest BCUT2D eigenvalue weighted by atomic mass is 16.2. The average molecular weight is 422 g/mol. The van der Waals surface area contributed by atoms with E-state index in [1.54, 1.807) is 0 Å². The van der Waals surface area contributed by atoms with Gasteiger partial charge in [0, 0.05) is 24.2 Å². The maximum atomic E-state index is 12.8. The maximum absolute atomic E-state index is 12.8. The molecule has 1 aromatic carbocycles. The maximum Gasteiger partial charge on any atom is 0.225 e. The van der Waals surface area contributed by atoms with Crippen LogP contribution in [0.2, 0.25) is 0 Å². The van der Waals surface area contributed by atoms with Crippen molar-refractivity contribution >= 4 is 5.91 Å². The zero-order chi connectivity index (χ0) is 22.4. The average Bonchev–Trinajstić information content (AvgIpc) is 2.75. The lowest BCUT2D eigenvalue weighted by Gasteiger charge is -2.38. The molecule has 0 saturated carbocycles. The molecule has 0 radical (unpaired) electrons. The van der Waals surface area contributed by atoms with Crippen molar-refractivity contribution in [3.05, 3.63) is 65.5 Å². The molecule has 4 nitrogen and oxygen atoms in total. The van der Waals surface area contributed by atoms with Gasteiger partial charge < -0.3 is 5.32 Å². The molecule has 2 heterocycles. The number of benzene rings is 1. The first-order valence-electron chi connectivity index (χ1n) is 11.8. The molecule has 1 aliphatic heterocycles. The van der Waals surface area contributed by atoms with Crippen molar-refractivity contribution in [1.82, 2.24) is 15.2 Å². The van der Waals surface area contributed by atoms with Crippen LogP contribution in [-0.2, 0) is 11.3 Å². The monoisotopic (exact) mass is 421 g/mol. The highest BCUT2D eigenvalue weighted by molar-refractivity contribution is 5.81. The molecule has 1 saturated heterocycles. The molecule has 2 atom stereocenters. The Hall–Kier alpha value is -2.20. The lowest BCUT2D eigenvalue weighted by Crippen LogP contribution is -2.44. The highest BCUT2D eigenvalue weighted by Gasteiger charge is 2.30. The Balaban J connectivity index is 1.75. The SMILES string of the molecule is CC(C)c1ccc(CN2CCCC[C@@H]2C[C@@H](NC(=O)C(C)(C)C)c2ccccn2)cc1. The summed E-state index contributed by atoms with van der Waals surface area (Å²) in [5.74, 6) is 0.636. The predicted octanol–water partition coefficient (Wildman–Crippen LogP) is 5.85. The van der Waals surface area contributed by atoms with Crippen LogP contribution in [-0.4, -0.2) is 28.4 Å². The summed E-state index contributed by atoms with van der Waals surface area (Å²) in [5.41, 5.74) is 3.28. The second kappa shape index (κ2) is 10.4. The number of carbonyl (C=O) groups is 1. The molecule has 1 fully saturated rings. The summed E-state index contributed by atoms with van der Waals surface area (Å²) in [6.45, 7) is 12.4. The van der Waals surface area contributed by atoms with E-state index in [0.29, 0.717) is 12.0 Å². The molecule has 1 amide bonds. The molecule has 1 aliphatic rings. The van der Waals surface area contributed by atoms with Gasteiger partial charge in [0.25, 0.3) is 0 Å². The predicted molar refractivity (Wildman–Crippen MR) is 128 cm³/mol. The van der Waals surface area contributed by atoms with Crippen LogP contribution < -0.4 is 5.32 Å². The number of amides is 1. The highest BCUT2D eigenvalue weighted by Crippen LogP contribution is 2.29. The molecule has 1 aromatic heterocycles. The molecule has 31 heavy (non-hydrogen) atoms. The molecule has 0 aliphatic carbocycles. The minimum Gasteiger partial charge on any atom is -0.347 e. The van der Waals surface area contributed by atoms with E-state index in [-0.39, 0.29) is 11.9 Å². The van der Waals surface area contributed by atoms with Crippen LogP contribution in [0.1, 0.15) is 89.1 Å². The van der Waals surface area contributed by atoms with Crippen LogP contribution in [0.5, 0.6) is 0 Å². The third-order valence-electron chi connectivity index (χ3n) is 6.32. The molecular formula is C27H39N3O. The van der Waals surface area contributed by atoms with Crippen molar-refractivity contribution in [2.45, 2.75) is 84.8 Å². The van der Waals surface area contributed by atoms with Gasteiger partial charge in [0.1, 0.15) is 0 Å². The van der Waals surface area contributed by atoms with Crippen LogP contribution in [0.15, 0.2) is 48.7 Å². The van der Waals surface area contributed by atoms with Gasteiger partial charge in [0.05, 0.1) is 11.7 Å². The summed E-state index contributed by atoms with van der Waals surface area (Å²) in [6, 6.07) is 15.4. The smallest absolute Gasteiger partial charge is 0.225 e. The molecule has 168 valence electrons. The number of rotatable bonds is 7. The number of hydrogen-bond donors (Lipinski definition) is 1. The number of hydrogen-bond acceptors (Lipinski definition) is 3. The van der Waals surface area contributed by atoms with Crippen LogP contribution >= 0.6 is 0 Å². The largest absolute Gasteiger partial charge is 0.347 e. The number of nitrogens with one attached hydrogen (secondary N) is 1. The Bertz CT molecular complexity index is 824. The van der Waals surface area contributed by atoms with Crippen LogP contribution in [0.25, 0.3) is 0 Å². The van der Waals surface area contributed by atoms with Gasteiger partial charge in [0.15, 0.2) is 0 Å². The van der Waals surface area contributed by atoms with Gasteiger partial charge >= 0.3 is 0 Å². The Morgan fingerprint density at radius 1 is 1.13 bits per heavy atom. The Morgan fingerprint density at radius 3 is 2.48 bits per heavy atom. The molecule has 0 bridgehead atoms. The van der Waals surface area contributed by atoms with E-state index < -0.39 is 5.41 Å². The lowest BCUT2D eigenvalue weighted by molar-refractivity contribution is -0.129. The van der Waals surface area contributed by atoms with E-state index in [1.807, 2.05) is 45.2 Å². The molecule has 2 aromatic rings. The molecular weight excluding hydrogens is 382 g/mol. The van der Waals surface area contributed by atoms with E-state index in [2.05, 4.69) is 53.3 Å². The summed E-state index contributed by atoms with van der Waals surface area (Å²) in [7, 11) is 0. The molecule has 4 heteroatoms. The van der Waals surface area contributed by atoms with Crippen LogP contribution in [0.4, 0.5) is 0 Å². The minimum absolute atomic E-state index is 0.0677. The third kappa shape index (κ3) is 6.64. The standard InChI is InChI=1S/C27H39N3O/c1-20(2)22-14-12-21(13-15-22)19-30-17-9-7-10-23(30)18-25(24-11-6-8-16-28-24)29-26(31)27(3,4)5/h6,8,11-16,20,23,25H,7,9-10,17-19H2,1-5H3,(H,29,31)/t23-,25-/m1/s1. The van der Waals surface area contributed by atoms with Crippen molar-refractivity contribution in [2.24, 2.45) is 5.41 Å². The van der Waals surface area contributed by atoms with Crippen LogP contribution in [0, 0.1) is 5.41 Å². The summed E-state index contributed by atoms with van der Waals surface area (Å²) >= 11 is 0. The number of aromatic nitrogens is 1. The second-order valence-electron chi connectivity index (χ2n) is 10.3. The minimum atomic E-state index is -0.419. The number of carbonyl (C=O) groups excluding carboxylic acids is 1. The summed E-state index contributed by atoms with van der Waals surface area (Å²) in [4.78, 5) is 20.0. The second-order valence-corrected chi connectivity index (χ2v) is 10.3. The number of piperidine rings is 1. The number of nitrogens with zero attached hydrogens (tertiary/aromatic N) is 2. The van der Waals surface area contributed by atoms with Crippen molar-refractivity contribution in [3.63, 3.8) is 0 Å². The fourth-order valence-electron chi connectivity index (χ4n) is 4.26. The quantitative estimate of drug-likeness (QED) is 0.610. The Morgan fingerprint density at radius 2 is 1.87 bits per heavy atom. The molecule has 0 unspecified atom stereocenters. The zero-order valence-corrected chi connectivity index (χ0v) is 19.9. The van der Waals surface area contributed by atoms with Crippen molar-refractivity contribution in [2.75, 3.05) is 6.54 Å².